The van der Waals surface area contributed by atoms with Crippen LogP contribution in [0.2, 0.25) is 0 Å². The third kappa shape index (κ3) is 5.50. The minimum Gasteiger partial charge on any atom is -0.490 e. The lowest BCUT2D eigenvalue weighted by Gasteiger charge is -2.15. The third-order valence-corrected chi connectivity index (χ3v) is 2.68. The van der Waals surface area contributed by atoms with Crippen LogP contribution in [0.3, 0.4) is 0 Å². The summed E-state index contributed by atoms with van der Waals surface area (Å²) >= 11 is 0. The average Bonchev–Trinajstić information content (AvgIpc) is 2.41. The van der Waals surface area contributed by atoms with Crippen LogP contribution in [0.15, 0.2) is 18.2 Å². The molecule has 1 unspecified atom stereocenters. The second kappa shape index (κ2) is 8.44. The van der Waals surface area contributed by atoms with Gasteiger partial charge in [-0.15, -0.1) is 0 Å². The molecule has 4 nitrogen and oxygen atoms in total. The van der Waals surface area contributed by atoms with E-state index in [2.05, 4.69) is 25.2 Å². The SMILES string of the molecule is CCOc1cc(CNCC(C)C)ccc1OC(C)C#N. The van der Waals surface area contributed by atoms with Crippen molar-refractivity contribution in [3.63, 3.8) is 0 Å². The van der Waals surface area contributed by atoms with Gasteiger partial charge in [-0.3, -0.25) is 0 Å². The number of ether oxygens (including phenoxy) is 2. The van der Waals surface area contributed by atoms with Crippen molar-refractivity contribution in [1.82, 2.24) is 5.32 Å². The van der Waals surface area contributed by atoms with Crippen LogP contribution >= 0.6 is 0 Å². The number of nitrogens with one attached hydrogen (secondary N) is 1. The number of benzene rings is 1. The van der Waals surface area contributed by atoms with E-state index in [4.69, 9.17) is 14.7 Å². The molecule has 4 heteroatoms. The first-order valence-corrected chi connectivity index (χ1v) is 7.09. The van der Waals surface area contributed by atoms with Crippen molar-refractivity contribution in [1.29, 1.82) is 5.26 Å². The lowest BCUT2D eigenvalue weighted by molar-refractivity contribution is 0.249. The van der Waals surface area contributed by atoms with Gasteiger partial charge < -0.3 is 14.8 Å². The van der Waals surface area contributed by atoms with Crippen molar-refractivity contribution < 1.29 is 9.47 Å². The zero-order valence-electron chi connectivity index (χ0n) is 12.8. The van der Waals surface area contributed by atoms with Gasteiger partial charge in [0.1, 0.15) is 6.07 Å². The predicted octanol–water partition coefficient (Wildman–Crippen LogP) is 3.12. The monoisotopic (exact) mass is 276 g/mol. The van der Waals surface area contributed by atoms with Crippen molar-refractivity contribution in [3.05, 3.63) is 23.8 Å². The zero-order valence-corrected chi connectivity index (χ0v) is 12.8. The molecule has 1 aromatic rings. The third-order valence-electron chi connectivity index (χ3n) is 2.68. The molecule has 0 heterocycles. The van der Waals surface area contributed by atoms with Gasteiger partial charge in [0.2, 0.25) is 0 Å². The summed E-state index contributed by atoms with van der Waals surface area (Å²) in [6.07, 6.45) is -0.487. The molecule has 0 saturated carbocycles. The van der Waals surface area contributed by atoms with Gasteiger partial charge in [-0.05, 0) is 44.0 Å². The summed E-state index contributed by atoms with van der Waals surface area (Å²) < 4.78 is 11.1. The molecule has 0 aliphatic carbocycles. The maximum absolute atomic E-state index is 8.81. The van der Waals surface area contributed by atoms with Crippen LogP contribution in [0, 0.1) is 17.2 Å². The standard InChI is InChI=1S/C16H24N2O2/c1-5-19-16-8-14(11-18-10-12(2)3)6-7-15(16)20-13(4)9-17/h6-8,12-13,18H,5,10-11H2,1-4H3. The van der Waals surface area contributed by atoms with E-state index in [0.29, 0.717) is 24.0 Å². The van der Waals surface area contributed by atoms with Crippen molar-refractivity contribution in [2.45, 2.75) is 40.3 Å². The van der Waals surface area contributed by atoms with Crippen LogP contribution < -0.4 is 14.8 Å². The first kappa shape index (κ1) is 16.3. The number of hydrogen-bond acceptors (Lipinski definition) is 4. The molecular weight excluding hydrogens is 252 g/mol. The molecule has 0 aliphatic heterocycles. The molecular formula is C16H24N2O2. The predicted molar refractivity (Wildman–Crippen MR) is 79.9 cm³/mol. The normalized spacial score (nSPS) is 12.0. The van der Waals surface area contributed by atoms with Gasteiger partial charge in [0.05, 0.1) is 6.61 Å². The van der Waals surface area contributed by atoms with E-state index in [1.165, 1.54) is 0 Å². The largest absolute Gasteiger partial charge is 0.490 e. The smallest absolute Gasteiger partial charge is 0.181 e. The maximum atomic E-state index is 8.81. The van der Waals surface area contributed by atoms with Crippen molar-refractivity contribution in [2.24, 2.45) is 5.92 Å². The van der Waals surface area contributed by atoms with E-state index >= 15 is 0 Å². The van der Waals surface area contributed by atoms with Crippen molar-refractivity contribution >= 4 is 0 Å². The minimum absolute atomic E-state index is 0.487. The molecule has 0 bridgehead atoms. The first-order chi connectivity index (χ1) is 9.56. The Morgan fingerprint density at radius 3 is 2.60 bits per heavy atom. The molecule has 1 atom stereocenters. The van der Waals surface area contributed by atoms with Gasteiger partial charge in [-0.2, -0.15) is 5.26 Å². The molecule has 0 saturated heterocycles. The van der Waals surface area contributed by atoms with Gasteiger partial charge in [0, 0.05) is 6.54 Å². The highest BCUT2D eigenvalue weighted by Crippen LogP contribution is 2.29. The summed E-state index contributed by atoms with van der Waals surface area (Å²) in [5.74, 6) is 1.94. The molecule has 1 rings (SSSR count). The fourth-order valence-electron chi connectivity index (χ4n) is 1.75. The molecule has 0 fully saturated rings. The second-order valence-corrected chi connectivity index (χ2v) is 5.13. The summed E-state index contributed by atoms with van der Waals surface area (Å²) in [6.45, 7) is 10.4. The van der Waals surface area contributed by atoms with Gasteiger partial charge in [0.25, 0.3) is 0 Å². The van der Waals surface area contributed by atoms with Crippen LogP contribution in [0.4, 0.5) is 0 Å². The lowest BCUT2D eigenvalue weighted by Crippen LogP contribution is -2.19. The fourth-order valence-corrected chi connectivity index (χ4v) is 1.75. The molecule has 0 radical (unpaired) electrons. The summed E-state index contributed by atoms with van der Waals surface area (Å²) in [7, 11) is 0. The Morgan fingerprint density at radius 1 is 1.25 bits per heavy atom. The Bertz CT molecular complexity index is 452. The molecule has 0 amide bonds. The number of rotatable bonds is 8. The van der Waals surface area contributed by atoms with Crippen LogP contribution in [-0.4, -0.2) is 19.3 Å². The highest BCUT2D eigenvalue weighted by Gasteiger charge is 2.10. The highest BCUT2D eigenvalue weighted by molar-refractivity contribution is 5.43. The summed E-state index contributed by atoms with van der Waals surface area (Å²) in [5, 5.41) is 12.2. The fraction of sp³-hybridized carbons (Fsp3) is 0.562. The van der Waals surface area contributed by atoms with Crippen LogP contribution in [0.1, 0.15) is 33.3 Å². The van der Waals surface area contributed by atoms with Crippen LogP contribution in [0.5, 0.6) is 11.5 Å². The topological polar surface area (TPSA) is 54.3 Å². The lowest BCUT2D eigenvalue weighted by atomic mass is 10.1. The Balaban J connectivity index is 2.75. The van der Waals surface area contributed by atoms with E-state index in [9.17, 15) is 0 Å². The first-order valence-electron chi connectivity index (χ1n) is 7.09. The quantitative estimate of drug-likeness (QED) is 0.792. The number of nitriles is 1. The summed E-state index contributed by atoms with van der Waals surface area (Å²) in [6, 6.07) is 7.88. The molecule has 0 aliphatic rings. The Hall–Kier alpha value is -1.73. The summed E-state index contributed by atoms with van der Waals surface area (Å²) in [5.41, 5.74) is 1.14. The zero-order chi connectivity index (χ0) is 15.0. The van der Waals surface area contributed by atoms with E-state index in [1.54, 1.807) is 6.92 Å². The van der Waals surface area contributed by atoms with Gasteiger partial charge in [-0.25, -0.2) is 0 Å². The average molecular weight is 276 g/mol. The number of hydrogen-bond donors (Lipinski definition) is 1. The molecule has 0 aromatic heterocycles. The minimum atomic E-state index is -0.487. The summed E-state index contributed by atoms with van der Waals surface area (Å²) in [4.78, 5) is 0. The molecule has 20 heavy (non-hydrogen) atoms. The molecule has 0 spiro atoms. The van der Waals surface area contributed by atoms with E-state index < -0.39 is 6.10 Å². The Labute approximate surface area is 121 Å². The van der Waals surface area contributed by atoms with Gasteiger partial charge in [0.15, 0.2) is 17.6 Å². The van der Waals surface area contributed by atoms with Crippen molar-refractivity contribution in [2.75, 3.05) is 13.2 Å². The molecule has 1 aromatic carbocycles. The van der Waals surface area contributed by atoms with E-state index in [0.717, 1.165) is 18.7 Å². The van der Waals surface area contributed by atoms with E-state index in [1.807, 2.05) is 25.1 Å². The van der Waals surface area contributed by atoms with Gasteiger partial charge >= 0.3 is 0 Å². The second-order valence-electron chi connectivity index (χ2n) is 5.13. The molecule has 1 N–H and O–H groups in total. The molecule has 110 valence electrons. The highest BCUT2D eigenvalue weighted by atomic mass is 16.5. The Kier molecular flexibility index (Phi) is 6.89. The van der Waals surface area contributed by atoms with Crippen LogP contribution in [-0.2, 0) is 6.54 Å². The Morgan fingerprint density at radius 2 is 2.00 bits per heavy atom. The maximum Gasteiger partial charge on any atom is 0.181 e. The van der Waals surface area contributed by atoms with Gasteiger partial charge in [-0.1, -0.05) is 19.9 Å². The van der Waals surface area contributed by atoms with Crippen molar-refractivity contribution in [3.8, 4) is 17.6 Å². The van der Waals surface area contributed by atoms with E-state index in [-0.39, 0.29) is 0 Å². The van der Waals surface area contributed by atoms with Crippen LogP contribution in [0.25, 0.3) is 0 Å². The number of nitrogens with zero attached hydrogens (tertiary/aromatic N) is 1.